The van der Waals surface area contributed by atoms with Crippen LogP contribution in [0.3, 0.4) is 0 Å². The van der Waals surface area contributed by atoms with Crippen molar-refractivity contribution in [3.05, 3.63) is 35.1 Å². The largest absolute Gasteiger partial charge is 0.309 e. The zero-order chi connectivity index (χ0) is 13.4. The molecule has 1 rings (SSSR count). The minimum atomic E-state index is -0.139. The van der Waals surface area contributed by atoms with E-state index in [9.17, 15) is 4.39 Å². The zero-order valence-electron chi connectivity index (χ0n) is 11.6. The highest BCUT2D eigenvalue weighted by molar-refractivity contribution is 7.99. The summed E-state index contributed by atoms with van der Waals surface area (Å²) in [5.41, 5.74) is 2.27. The molecule has 0 bridgehead atoms. The molecule has 0 aliphatic rings. The van der Waals surface area contributed by atoms with Crippen molar-refractivity contribution in [3.8, 4) is 0 Å². The van der Waals surface area contributed by atoms with E-state index in [-0.39, 0.29) is 11.9 Å². The van der Waals surface area contributed by atoms with Gasteiger partial charge in [0.15, 0.2) is 0 Å². The van der Waals surface area contributed by atoms with Crippen LogP contribution < -0.4 is 5.32 Å². The Bertz CT molecular complexity index is 354. The van der Waals surface area contributed by atoms with E-state index in [1.807, 2.05) is 17.8 Å². The molecule has 1 N–H and O–H groups in total. The maximum Gasteiger partial charge on any atom is 0.123 e. The molecule has 0 heterocycles. The van der Waals surface area contributed by atoms with E-state index in [0.717, 1.165) is 24.3 Å². The molecule has 0 aliphatic heterocycles. The molecule has 1 atom stereocenters. The lowest BCUT2D eigenvalue weighted by molar-refractivity contribution is 0.565. The molecule has 3 heteroatoms. The van der Waals surface area contributed by atoms with E-state index in [0.29, 0.717) is 0 Å². The molecule has 1 aromatic rings. The molecule has 102 valence electrons. The normalized spacial score (nSPS) is 12.7. The van der Waals surface area contributed by atoms with Gasteiger partial charge in [-0.1, -0.05) is 19.9 Å². The molecular weight excluding hydrogens is 245 g/mol. The van der Waals surface area contributed by atoms with Gasteiger partial charge in [0, 0.05) is 11.8 Å². The van der Waals surface area contributed by atoms with Crippen molar-refractivity contribution in [1.29, 1.82) is 0 Å². The smallest absolute Gasteiger partial charge is 0.123 e. The molecule has 0 spiro atoms. The van der Waals surface area contributed by atoms with Crippen molar-refractivity contribution < 1.29 is 4.39 Å². The lowest BCUT2D eigenvalue weighted by atomic mass is 10.0. The van der Waals surface area contributed by atoms with Gasteiger partial charge in [0.25, 0.3) is 0 Å². The van der Waals surface area contributed by atoms with Crippen LogP contribution in [-0.4, -0.2) is 18.1 Å². The van der Waals surface area contributed by atoms with Gasteiger partial charge >= 0.3 is 0 Å². The average Bonchev–Trinajstić information content (AvgIpc) is 2.37. The van der Waals surface area contributed by atoms with Gasteiger partial charge in [-0.15, -0.1) is 0 Å². The van der Waals surface area contributed by atoms with Crippen LogP contribution in [-0.2, 0) is 0 Å². The maximum absolute atomic E-state index is 13.4. The second-order valence-corrected chi connectivity index (χ2v) is 5.73. The van der Waals surface area contributed by atoms with E-state index in [1.165, 1.54) is 23.8 Å². The summed E-state index contributed by atoms with van der Waals surface area (Å²) in [5, 5.41) is 3.53. The van der Waals surface area contributed by atoms with Crippen LogP contribution in [0.4, 0.5) is 4.39 Å². The number of hydrogen-bond donors (Lipinski definition) is 1. The van der Waals surface area contributed by atoms with Crippen LogP contribution in [0.5, 0.6) is 0 Å². The monoisotopic (exact) mass is 269 g/mol. The van der Waals surface area contributed by atoms with Crippen molar-refractivity contribution >= 4 is 11.8 Å². The Hall–Kier alpha value is -0.540. The highest BCUT2D eigenvalue weighted by Crippen LogP contribution is 2.23. The van der Waals surface area contributed by atoms with Crippen LogP contribution in [0.1, 0.15) is 43.9 Å². The first kappa shape index (κ1) is 15.5. The highest BCUT2D eigenvalue weighted by atomic mass is 32.2. The predicted molar refractivity (Wildman–Crippen MR) is 79.8 cm³/mol. The fraction of sp³-hybridized carbons (Fsp3) is 0.600. The minimum absolute atomic E-state index is 0.139. The molecular formula is C15H24FNS. The Morgan fingerprint density at radius 2 is 2.06 bits per heavy atom. The topological polar surface area (TPSA) is 12.0 Å². The maximum atomic E-state index is 13.4. The van der Waals surface area contributed by atoms with Crippen molar-refractivity contribution in [2.24, 2.45) is 0 Å². The van der Waals surface area contributed by atoms with Crippen LogP contribution in [0.15, 0.2) is 18.2 Å². The molecule has 0 saturated carbocycles. The molecule has 18 heavy (non-hydrogen) atoms. The molecule has 0 saturated heterocycles. The standard InChI is InChI=1S/C15H24FNS/c1-4-8-17-15(11-18-9-5-2)14-10-13(16)7-6-12(14)3/h6-7,10,15,17H,4-5,8-9,11H2,1-3H3. The zero-order valence-corrected chi connectivity index (χ0v) is 12.4. The highest BCUT2D eigenvalue weighted by Gasteiger charge is 2.13. The van der Waals surface area contributed by atoms with Gasteiger partial charge in [0.05, 0.1) is 0 Å². The van der Waals surface area contributed by atoms with E-state index in [4.69, 9.17) is 0 Å². The van der Waals surface area contributed by atoms with E-state index in [1.54, 1.807) is 6.07 Å². The second-order valence-electron chi connectivity index (χ2n) is 4.58. The van der Waals surface area contributed by atoms with Crippen LogP contribution in [0.25, 0.3) is 0 Å². The lowest BCUT2D eigenvalue weighted by Gasteiger charge is -2.20. The van der Waals surface area contributed by atoms with Crippen LogP contribution in [0.2, 0.25) is 0 Å². The molecule has 0 radical (unpaired) electrons. The Labute approximate surface area is 115 Å². The first-order valence-electron chi connectivity index (χ1n) is 6.76. The van der Waals surface area contributed by atoms with Crippen molar-refractivity contribution in [1.82, 2.24) is 5.32 Å². The summed E-state index contributed by atoms with van der Waals surface area (Å²) in [6.07, 6.45) is 2.29. The van der Waals surface area contributed by atoms with Gasteiger partial charge < -0.3 is 5.32 Å². The summed E-state index contributed by atoms with van der Waals surface area (Å²) in [7, 11) is 0. The van der Waals surface area contributed by atoms with E-state index < -0.39 is 0 Å². The number of rotatable bonds is 8. The molecule has 0 fully saturated rings. The quantitative estimate of drug-likeness (QED) is 0.705. The van der Waals surface area contributed by atoms with Crippen LogP contribution in [0, 0.1) is 12.7 Å². The van der Waals surface area contributed by atoms with E-state index in [2.05, 4.69) is 26.1 Å². The van der Waals surface area contributed by atoms with Gasteiger partial charge in [-0.3, -0.25) is 0 Å². The second kappa shape index (κ2) is 8.54. The Kier molecular flexibility index (Phi) is 7.36. The molecule has 0 aromatic heterocycles. The number of aryl methyl sites for hydroxylation is 1. The van der Waals surface area contributed by atoms with Crippen LogP contribution >= 0.6 is 11.8 Å². The Morgan fingerprint density at radius 3 is 2.72 bits per heavy atom. The predicted octanol–water partition coefficient (Wildman–Crippen LogP) is 4.32. The molecule has 1 unspecified atom stereocenters. The summed E-state index contributed by atoms with van der Waals surface area (Å²) >= 11 is 1.94. The summed E-state index contributed by atoms with van der Waals surface area (Å²) in [5.74, 6) is 2.04. The first-order chi connectivity index (χ1) is 8.69. The fourth-order valence-electron chi connectivity index (χ4n) is 1.91. The first-order valence-corrected chi connectivity index (χ1v) is 7.91. The fourth-order valence-corrected chi connectivity index (χ4v) is 2.90. The Morgan fingerprint density at radius 1 is 1.28 bits per heavy atom. The van der Waals surface area contributed by atoms with Crippen molar-refractivity contribution in [2.45, 2.75) is 39.7 Å². The van der Waals surface area contributed by atoms with Crippen molar-refractivity contribution in [2.75, 3.05) is 18.1 Å². The number of thioether (sulfide) groups is 1. The van der Waals surface area contributed by atoms with Gasteiger partial charge in [0.2, 0.25) is 0 Å². The molecule has 1 aromatic carbocycles. The third-order valence-electron chi connectivity index (χ3n) is 2.89. The third-order valence-corrected chi connectivity index (χ3v) is 4.16. The summed E-state index contributed by atoms with van der Waals surface area (Å²) in [6.45, 7) is 7.38. The van der Waals surface area contributed by atoms with Gasteiger partial charge in [-0.25, -0.2) is 4.39 Å². The number of halogens is 1. The third kappa shape index (κ3) is 4.99. The Balaban J connectivity index is 2.75. The molecule has 1 nitrogen and oxygen atoms in total. The van der Waals surface area contributed by atoms with E-state index >= 15 is 0 Å². The summed E-state index contributed by atoms with van der Waals surface area (Å²) in [4.78, 5) is 0. The lowest BCUT2D eigenvalue weighted by Crippen LogP contribution is -2.25. The average molecular weight is 269 g/mol. The number of hydrogen-bond acceptors (Lipinski definition) is 2. The van der Waals surface area contributed by atoms with Gasteiger partial charge in [0.1, 0.15) is 5.82 Å². The SMILES string of the molecule is CCCNC(CSCCC)c1cc(F)ccc1C. The van der Waals surface area contributed by atoms with Gasteiger partial charge in [-0.05, 0) is 55.3 Å². The minimum Gasteiger partial charge on any atom is -0.309 e. The van der Waals surface area contributed by atoms with Gasteiger partial charge in [-0.2, -0.15) is 11.8 Å². The molecule has 0 amide bonds. The number of benzene rings is 1. The summed E-state index contributed by atoms with van der Waals surface area (Å²) in [6, 6.07) is 5.34. The number of nitrogens with one attached hydrogen (secondary N) is 1. The molecule has 0 aliphatic carbocycles. The van der Waals surface area contributed by atoms with Crippen molar-refractivity contribution in [3.63, 3.8) is 0 Å². The summed E-state index contributed by atoms with van der Waals surface area (Å²) < 4.78 is 13.4.